The molecule has 0 saturated carbocycles. The van der Waals surface area contributed by atoms with E-state index in [-0.39, 0.29) is 15.0 Å². The molecule has 5 heteroatoms. The second-order valence-corrected chi connectivity index (χ2v) is 9.39. The number of rotatable bonds is 7. The van der Waals surface area contributed by atoms with Crippen molar-refractivity contribution < 1.29 is 4.84 Å². The van der Waals surface area contributed by atoms with E-state index in [2.05, 4.69) is 60.7 Å². The van der Waals surface area contributed by atoms with Crippen molar-refractivity contribution in [3.8, 4) is 0 Å². The number of benzene rings is 3. The number of pyridine rings is 1. The summed E-state index contributed by atoms with van der Waals surface area (Å²) in [6.45, 7) is 0.538. The third-order valence-electron chi connectivity index (χ3n) is 4.58. The summed E-state index contributed by atoms with van der Waals surface area (Å²) in [5, 5.41) is 1.02. The standard InChI is InChI=1S/C26H22N2OSSe/c30-25-17-9-10-18-28(25)29-26(27-19-21-11-3-1-4-12-21)23-15-7-8-16-24(23)31-20-22-13-5-2-6-14-22/h1-18H,19-20H2. The first kappa shape index (κ1) is 21.3. The molecule has 1 heterocycles. The van der Waals surface area contributed by atoms with Crippen molar-refractivity contribution in [1.29, 1.82) is 0 Å². The van der Waals surface area contributed by atoms with E-state index in [0.29, 0.717) is 17.1 Å². The normalized spacial score (nSPS) is 11.3. The van der Waals surface area contributed by atoms with Crippen LogP contribution < -0.4 is 9.30 Å². The number of hydrogen-bond acceptors (Lipinski definition) is 3. The summed E-state index contributed by atoms with van der Waals surface area (Å²) >= 11 is 5.68. The van der Waals surface area contributed by atoms with Crippen molar-refractivity contribution in [2.24, 2.45) is 4.99 Å². The third-order valence-corrected chi connectivity index (χ3v) is 7.29. The Labute approximate surface area is 194 Å². The maximum atomic E-state index is 6.22. The molecule has 0 N–H and O–H groups in total. The molecule has 31 heavy (non-hydrogen) atoms. The van der Waals surface area contributed by atoms with E-state index in [4.69, 9.17) is 22.0 Å². The average molecular weight is 490 g/mol. The first-order valence-corrected chi connectivity index (χ1v) is 12.5. The first-order valence-electron chi connectivity index (χ1n) is 10.00. The quantitative estimate of drug-likeness (QED) is 0.161. The molecule has 0 aliphatic carbocycles. The summed E-state index contributed by atoms with van der Waals surface area (Å²) in [5.41, 5.74) is 3.49. The van der Waals surface area contributed by atoms with Gasteiger partial charge < -0.3 is 0 Å². The fourth-order valence-corrected chi connectivity index (χ4v) is 5.27. The zero-order chi connectivity index (χ0) is 21.3. The van der Waals surface area contributed by atoms with Crippen LogP contribution in [0.3, 0.4) is 0 Å². The first-order chi connectivity index (χ1) is 15.3. The fourth-order valence-electron chi connectivity index (χ4n) is 3.00. The molecular weight excluding hydrogens is 467 g/mol. The Hall–Kier alpha value is -2.98. The molecule has 154 valence electrons. The predicted molar refractivity (Wildman–Crippen MR) is 131 cm³/mol. The molecule has 3 nitrogen and oxygen atoms in total. The molecule has 1 aromatic heterocycles. The van der Waals surface area contributed by atoms with Gasteiger partial charge in [0.25, 0.3) is 0 Å². The Morgan fingerprint density at radius 1 is 0.774 bits per heavy atom. The van der Waals surface area contributed by atoms with Crippen molar-refractivity contribution in [3.63, 3.8) is 0 Å². The van der Waals surface area contributed by atoms with Gasteiger partial charge in [0, 0.05) is 0 Å². The van der Waals surface area contributed by atoms with Gasteiger partial charge in [0.15, 0.2) is 0 Å². The Bertz CT molecular complexity index is 1210. The SMILES string of the molecule is S=c1ccccn1OC(=NCc1ccccc1)c1ccccc1[Se]Cc1ccccc1. The van der Waals surface area contributed by atoms with Crippen molar-refractivity contribution in [2.45, 2.75) is 11.9 Å². The molecule has 4 rings (SSSR count). The van der Waals surface area contributed by atoms with E-state index in [1.54, 1.807) is 4.73 Å². The van der Waals surface area contributed by atoms with Crippen LogP contribution in [0.4, 0.5) is 0 Å². The van der Waals surface area contributed by atoms with Crippen LogP contribution in [0.5, 0.6) is 0 Å². The van der Waals surface area contributed by atoms with Crippen molar-refractivity contribution in [3.05, 3.63) is 131 Å². The van der Waals surface area contributed by atoms with E-state index in [9.17, 15) is 0 Å². The van der Waals surface area contributed by atoms with Crippen LogP contribution in [0.25, 0.3) is 0 Å². The third kappa shape index (κ3) is 6.02. The summed E-state index contributed by atoms with van der Waals surface area (Å²) < 4.78 is 3.45. The van der Waals surface area contributed by atoms with Crippen LogP contribution >= 0.6 is 12.2 Å². The van der Waals surface area contributed by atoms with Crippen molar-refractivity contribution in [1.82, 2.24) is 4.73 Å². The Balaban J connectivity index is 1.66. The van der Waals surface area contributed by atoms with E-state index in [0.717, 1.165) is 16.4 Å². The van der Waals surface area contributed by atoms with Crippen LogP contribution in [0, 0.1) is 4.64 Å². The van der Waals surface area contributed by atoms with Crippen LogP contribution in [0.15, 0.2) is 114 Å². The van der Waals surface area contributed by atoms with Gasteiger partial charge in [0.05, 0.1) is 0 Å². The Morgan fingerprint density at radius 2 is 1.42 bits per heavy atom. The Morgan fingerprint density at radius 3 is 2.16 bits per heavy atom. The van der Waals surface area contributed by atoms with E-state index in [1.807, 2.05) is 48.7 Å². The molecular formula is C26H22N2OSSe. The van der Waals surface area contributed by atoms with Crippen LogP contribution in [0.1, 0.15) is 16.7 Å². The summed E-state index contributed by atoms with van der Waals surface area (Å²) in [4.78, 5) is 11.1. The summed E-state index contributed by atoms with van der Waals surface area (Å²) in [5.74, 6) is 0.580. The predicted octanol–water partition coefficient (Wildman–Crippen LogP) is 4.82. The van der Waals surface area contributed by atoms with Crippen LogP contribution in [-0.4, -0.2) is 25.6 Å². The van der Waals surface area contributed by atoms with E-state index < -0.39 is 0 Å². The maximum absolute atomic E-state index is 6.22. The number of aliphatic imine (C=N–C) groups is 1. The minimum absolute atomic E-state index is 0.243. The zero-order valence-corrected chi connectivity index (χ0v) is 19.5. The number of nitrogens with zero attached hydrogens (tertiary/aromatic N) is 2. The van der Waals surface area contributed by atoms with E-state index in [1.165, 1.54) is 10.0 Å². The number of aromatic nitrogens is 1. The molecule has 0 spiro atoms. The molecule has 0 bridgehead atoms. The molecule has 0 aliphatic heterocycles. The molecule has 0 unspecified atom stereocenters. The van der Waals surface area contributed by atoms with Gasteiger partial charge >= 0.3 is 195 Å². The van der Waals surface area contributed by atoms with Gasteiger partial charge in [-0.05, 0) is 0 Å². The molecule has 0 atom stereocenters. The molecule has 0 radical (unpaired) electrons. The van der Waals surface area contributed by atoms with Gasteiger partial charge in [-0.3, -0.25) is 0 Å². The van der Waals surface area contributed by atoms with Crippen LogP contribution in [0.2, 0.25) is 0 Å². The number of hydrogen-bond donors (Lipinski definition) is 0. The molecule has 4 aromatic rings. The monoisotopic (exact) mass is 490 g/mol. The van der Waals surface area contributed by atoms with Gasteiger partial charge in [-0.2, -0.15) is 0 Å². The molecule has 0 saturated heterocycles. The van der Waals surface area contributed by atoms with Gasteiger partial charge in [-0.25, -0.2) is 0 Å². The summed E-state index contributed by atoms with van der Waals surface area (Å²) in [6.07, 6.45) is 1.82. The van der Waals surface area contributed by atoms with E-state index >= 15 is 0 Å². The average Bonchev–Trinajstić information content (AvgIpc) is 2.83. The molecule has 0 aliphatic rings. The molecule has 0 amide bonds. The summed E-state index contributed by atoms with van der Waals surface area (Å²) in [6, 6.07) is 34.8. The fraction of sp³-hybridized carbons (Fsp3) is 0.0769. The van der Waals surface area contributed by atoms with Gasteiger partial charge in [0.1, 0.15) is 0 Å². The topological polar surface area (TPSA) is 26.5 Å². The van der Waals surface area contributed by atoms with Gasteiger partial charge in [0.2, 0.25) is 0 Å². The molecule has 0 fully saturated rings. The Kier molecular flexibility index (Phi) is 7.46. The van der Waals surface area contributed by atoms with Gasteiger partial charge in [-0.1, -0.05) is 0 Å². The second-order valence-electron chi connectivity index (χ2n) is 6.83. The van der Waals surface area contributed by atoms with Crippen LogP contribution in [-0.2, 0) is 11.9 Å². The van der Waals surface area contributed by atoms with Crippen molar-refractivity contribution in [2.75, 3.05) is 0 Å². The molecule has 3 aromatic carbocycles. The van der Waals surface area contributed by atoms with Gasteiger partial charge in [-0.15, -0.1) is 0 Å². The summed E-state index contributed by atoms with van der Waals surface area (Å²) in [7, 11) is 0. The van der Waals surface area contributed by atoms with Crippen molar-refractivity contribution >= 4 is 37.5 Å². The minimum atomic E-state index is 0.243. The second kappa shape index (κ2) is 10.9. The zero-order valence-electron chi connectivity index (χ0n) is 16.9.